The van der Waals surface area contributed by atoms with Gasteiger partial charge >= 0.3 is 0 Å². The van der Waals surface area contributed by atoms with Gasteiger partial charge in [-0.2, -0.15) is 0 Å². The highest BCUT2D eigenvalue weighted by molar-refractivity contribution is 6.18. The molecule has 0 spiro atoms. The Kier molecular flexibility index (Phi) is 5.88. The monoisotopic (exact) mass is 217 g/mol. The van der Waals surface area contributed by atoms with E-state index in [0.29, 0.717) is 0 Å². The van der Waals surface area contributed by atoms with Gasteiger partial charge in [-0.15, -0.1) is 11.6 Å². The van der Waals surface area contributed by atoms with E-state index in [0.717, 1.165) is 23.6 Å². The molecule has 1 saturated carbocycles. The Morgan fingerprint density at radius 3 is 2.71 bits per heavy atom. The van der Waals surface area contributed by atoms with Gasteiger partial charge in [0, 0.05) is 5.88 Å². The van der Waals surface area contributed by atoms with Crippen molar-refractivity contribution in [1.82, 2.24) is 5.32 Å². The molecule has 1 aliphatic rings. The molecule has 1 aliphatic carbocycles. The first-order valence-corrected chi connectivity index (χ1v) is 6.58. The average Bonchev–Trinajstić information content (AvgIpc) is 2.65. The molecule has 2 heteroatoms. The van der Waals surface area contributed by atoms with Gasteiger partial charge in [0.15, 0.2) is 0 Å². The first-order chi connectivity index (χ1) is 6.77. The van der Waals surface area contributed by atoms with Crippen LogP contribution in [0.25, 0.3) is 0 Å². The van der Waals surface area contributed by atoms with E-state index in [4.69, 9.17) is 11.6 Å². The Morgan fingerprint density at radius 1 is 1.36 bits per heavy atom. The maximum absolute atomic E-state index is 5.94. The molecule has 1 N–H and O–H groups in total. The zero-order chi connectivity index (χ0) is 10.4. The minimum Gasteiger partial charge on any atom is -0.316 e. The molecule has 0 aliphatic heterocycles. The third-order valence-electron chi connectivity index (χ3n) is 3.61. The summed E-state index contributed by atoms with van der Waals surface area (Å²) in [4.78, 5) is 0. The first kappa shape index (κ1) is 12.3. The van der Waals surface area contributed by atoms with Gasteiger partial charge in [-0.3, -0.25) is 0 Å². The molecule has 3 atom stereocenters. The Hall–Kier alpha value is 0.250. The summed E-state index contributed by atoms with van der Waals surface area (Å²) < 4.78 is 0. The molecular formula is C12H24ClN. The lowest BCUT2D eigenvalue weighted by atomic mass is 9.98. The highest BCUT2D eigenvalue weighted by Gasteiger charge is 2.25. The van der Waals surface area contributed by atoms with Crippen molar-refractivity contribution in [2.75, 3.05) is 19.0 Å². The smallest absolute Gasteiger partial charge is 0.0254 e. The molecule has 0 saturated heterocycles. The minimum absolute atomic E-state index is 0.779. The molecule has 3 unspecified atom stereocenters. The fourth-order valence-corrected chi connectivity index (χ4v) is 2.65. The van der Waals surface area contributed by atoms with E-state index in [1.807, 2.05) is 0 Å². The quantitative estimate of drug-likeness (QED) is 0.674. The molecule has 1 fully saturated rings. The van der Waals surface area contributed by atoms with E-state index in [2.05, 4.69) is 19.2 Å². The Morgan fingerprint density at radius 2 is 2.07 bits per heavy atom. The van der Waals surface area contributed by atoms with Crippen LogP contribution < -0.4 is 5.32 Å². The molecule has 84 valence electrons. The zero-order valence-electron chi connectivity index (χ0n) is 9.56. The fourth-order valence-electron chi connectivity index (χ4n) is 2.24. The number of hydrogen-bond acceptors (Lipinski definition) is 1. The van der Waals surface area contributed by atoms with Gasteiger partial charge in [0.05, 0.1) is 0 Å². The van der Waals surface area contributed by atoms with Gasteiger partial charge in [-0.25, -0.2) is 0 Å². The third-order valence-corrected chi connectivity index (χ3v) is 4.01. The fraction of sp³-hybridized carbons (Fsp3) is 1.00. The van der Waals surface area contributed by atoms with Gasteiger partial charge in [0.2, 0.25) is 0 Å². The second-order valence-corrected chi connectivity index (χ2v) is 5.09. The van der Waals surface area contributed by atoms with Crippen LogP contribution >= 0.6 is 11.6 Å². The van der Waals surface area contributed by atoms with E-state index in [9.17, 15) is 0 Å². The molecule has 0 aromatic heterocycles. The SMILES string of the molecule is CCC(C)CNCC1CCCC1CCl. The second kappa shape index (κ2) is 6.68. The van der Waals surface area contributed by atoms with Crippen LogP contribution in [-0.2, 0) is 0 Å². The standard InChI is InChI=1S/C12H24ClN/c1-3-10(2)8-14-9-12-6-4-5-11(12)7-13/h10-12,14H,3-9H2,1-2H3. The maximum atomic E-state index is 5.94. The molecule has 0 aromatic carbocycles. The van der Waals surface area contributed by atoms with Crippen LogP contribution in [0.3, 0.4) is 0 Å². The highest BCUT2D eigenvalue weighted by atomic mass is 35.5. The van der Waals surface area contributed by atoms with Crippen LogP contribution in [-0.4, -0.2) is 19.0 Å². The van der Waals surface area contributed by atoms with Gasteiger partial charge < -0.3 is 5.32 Å². The van der Waals surface area contributed by atoms with E-state index < -0.39 is 0 Å². The van der Waals surface area contributed by atoms with Crippen LogP contribution in [0.2, 0.25) is 0 Å². The van der Waals surface area contributed by atoms with Gasteiger partial charge in [-0.05, 0) is 43.7 Å². The molecule has 0 amide bonds. The number of hydrogen-bond donors (Lipinski definition) is 1. The topological polar surface area (TPSA) is 12.0 Å². The molecule has 0 heterocycles. The van der Waals surface area contributed by atoms with Crippen LogP contribution in [0.4, 0.5) is 0 Å². The van der Waals surface area contributed by atoms with Gasteiger partial charge in [0.1, 0.15) is 0 Å². The predicted octanol–water partition coefficient (Wildman–Crippen LogP) is 3.28. The largest absolute Gasteiger partial charge is 0.316 e. The lowest BCUT2D eigenvalue weighted by molar-refractivity contribution is 0.378. The highest BCUT2D eigenvalue weighted by Crippen LogP contribution is 2.31. The van der Waals surface area contributed by atoms with E-state index in [1.165, 1.54) is 38.8 Å². The molecular weight excluding hydrogens is 194 g/mol. The number of alkyl halides is 1. The van der Waals surface area contributed by atoms with Crippen molar-refractivity contribution in [3.05, 3.63) is 0 Å². The van der Waals surface area contributed by atoms with E-state index >= 15 is 0 Å². The Balaban J connectivity index is 2.11. The summed E-state index contributed by atoms with van der Waals surface area (Å²) in [5, 5.41) is 3.58. The summed E-state index contributed by atoms with van der Waals surface area (Å²) in [7, 11) is 0. The van der Waals surface area contributed by atoms with Crippen molar-refractivity contribution in [3.63, 3.8) is 0 Å². The van der Waals surface area contributed by atoms with Crippen molar-refractivity contribution in [2.45, 2.75) is 39.5 Å². The van der Waals surface area contributed by atoms with Crippen molar-refractivity contribution in [2.24, 2.45) is 17.8 Å². The number of nitrogens with one attached hydrogen (secondary N) is 1. The second-order valence-electron chi connectivity index (χ2n) is 4.78. The molecule has 0 aromatic rings. The molecule has 0 bridgehead atoms. The molecule has 1 nitrogen and oxygen atoms in total. The number of rotatable bonds is 6. The Labute approximate surface area is 93.6 Å². The molecule has 0 radical (unpaired) electrons. The van der Waals surface area contributed by atoms with Gasteiger partial charge in [-0.1, -0.05) is 26.7 Å². The zero-order valence-corrected chi connectivity index (χ0v) is 10.3. The van der Waals surface area contributed by atoms with Crippen LogP contribution in [0.5, 0.6) is 0 Å². The third kappa shape index (κ3) is 3.78. The summed E-state index contributed by atoms with van der Waals surface area (Å²) in [6.45, 7) is 6.91. The molecule has 14 heavy (non-hydrogen) atoms. The van der Waals surface area contributed by atoms with Crippen molar-refractivity contribution in [3.8, 4) is 0 Å². The summed E-state index contributed by atoms with van der Waals surface area (Å²) in [5.41, 5.74) is 0. The minimum atomic E-state index is 0.779. The van der Waals surface area contributed by atoms with Crippen molar-refractivity contribution < 1.29 is 0 Å². The van der Waals surface area contributed by atoms with Gasteiger partial charge in [0.25, 0.3) is 0 Å². The van der Waals surface area contributed by atoms with Crippen LogP contribution in [0.15, 0.2) is 0 Å². The predicted molar refractivity (Wildman–Crippen MR) is 63.9 cm³/mol. The van der Waals surface area contributed by atoms with Crippen LogP contribution in [0, 0.1) is 17.8 Å². The molecule has 1 rings (SSSR count). The normalized spacial score (nSPS) is 29.4. The lowest BCUT2D eigenvalue weighted by Gasteiger charge is -2.19. The van der Waals surface area contributed by atoms with Crippen molar-refractivity contribution in [1.29, 1.82) is 0 Å². The summed E-state index contributed by atoms with van der Waals surface area (Å²) in [5.74, 6) is 3.29. The Bertz CT molecular complexity index is 149. The van der Waals surface area contributed by atoms with Crippen molar-refractivity contribution >= 4 is 11.6 Å². The maximum Gasteiger partial charge on any atom is 0.0254 e. The summed E-state index contributed by atoms with van der Waals surface area (Å²) in [6, 6.07) is 0. The van der Waals surface area contributed by atoms with E-state index in [-0.39, 0.29) is 0 Å². The lowest BCUT2D eigenvalue weighted by Crippen LogP contribution is -2.29. The number of halogens is 1. The first-order valence-electron chi connectivity index (χ1n) is 6.04. The summed E-state index contributed by atoms with van der Waals surface area (Å²) in [6.07, 6.45) is 5.38. The average molecular weight is 218 g/mol. The van der Waals surface area contributed by atoms with Crippen LogP contribution in [0.1, 0.15) is 39.5 Å². The van der Waals surface area contributed by atoms with E-state index in [1.54, 1.807) is 0 Å². The summed E-state index contributed by atoms with van der Waals surface area (Å²) >= 11 is 5.94.